The molecular weight excluding hydrogens is 408 g/mol. The molecule has 0 spiro atoms. The Labute approximate surface area is 168 Å². The molecule has 1 atom stereocenters. The molecule has 3 rings (SSSR count). The number of nitrogens with zero attached hydrogens (tertiary/aromatic N) is 1. The van der Waals surface area contributed by atoms with Crippen molar-refractivity contribution >= 4 is 27.3 Å². The minimum Gasteiger partial charge on any atom is -0.335 e. The van der Waals surface area contributed by atoms with Crippen LogP contribution in [0.1, 0.15) is 35.2 Å². The van der Waals surface area contributed by atoms with Crippen LogP contribution in [0.3, 0.4) is 0 Å². The molecule has 0 N–H and O–H groups in total. The van der Waals surface area contributed by atoms with E-state index in [1.54, 1.807) is 4.90 Å². The van der Waals surface area contributed by atoms with E-state index in [4.69, 9.17) is 11.6 Å². The molecule has 28 heavy (non-hydrogen) atoms. The van der Waals surface area contributed by atoms with Gasteiger partial charge >= 0.3 is 0 Å². The number of hydrogen-bond acceptors (Lipinski definition) is 3. The number of benzene rings is 2. The summed E-state index contributed by atoms with van der Waals surface area (Å²) in [5.74, 6) is -1.46. The minimum atomic E-state index is -3.50. The molecule has 1 fully saturated rings. The van der Waals surface area contributed by atoms with Crippen molar-refractivity contribution in [3.05, 3.63) is 64.2 Å². The lowest BCUT2D eigenvalue weighted by Crippen LogP contribution is -2.45. The van der Waals surface area contributed by atoms with Crippen molar-refractivity contribution < 1.29 is 22.0 Å². The van der Waals surface area contributed by atoms with Crippen molar-refractivity contribution in [1.82, 2.24) is 4.90 Å². The summed E-state index contributed by atoms with van der Waals surface area (Å²) >= 11 is 6.16. The smallest absolute Gasteiger partial charge is 0.255 e. The molecule has 0 aromatic heterocycles. The van der Waals surface area contributed by atoms with Crippen molar-refractivity contribution in [3.63, 3.8) is 0 Å². The monoisotopic (exact) mass is 427 g/mol. The maximum Gasteiger partial charge on any atom is 0.255 e. The third kappa shape index (κ3) is 4.52. The predicted octanol–water partition coefficient (Wildman–Crippen LogP) is 4.26. The first-order valence-corrected chi connectivity index (χ1v) is 11.2. The largest absolute Gasteiger partial charge is 0.335 e. The molecule has 1 saturated heterocycles. The number of carbonyl (C=O) groups excluding carboxylic acids is 1. The Morgan fingerprint density at radius 1 is 1.18 bits per heavy atom. The average molecular weight is 428 g/mol. The van der Waals surface area contributed by atoms with Gasteiger partial charge in [-0.05, 0) is 67.6 Å². The molecule has 1 heterocycles. The lowest BCUT2D eigenvalue weighted by Gasteiger charge is -2.36. The highest BCUT2D eigenvalue weighted by atomic mass is 35.5. The van der Waals surface area contributed by atoms with Crippen molar-refractivity contribution in [2.45, 2.75) is 36.6 Å². The maximum absolute atomic E-state index is 14.1. The fourth-order valence-electron chi connectivity index (χ4n) is 3.49. The van der Waals surface area contributed by atoms with Gasteiger partial charge in [0.25, 0.3) is 5.91 Å². The molecule has 150 valence electrons. The van der Waals surface area contributed by atoms with E-state index in [0.717, 1.165) is 37.3 Å². The molecule has 0 aliphatic carbocycles. The maximum atomic E-state index is 14.1. The molecule has 1 amide bonds. The number of likely N-dealkylation sites (tertiary alicyclic amines) is 1. The predicted molar refractivity (Wildman–Crippen MR) is 103 cm³/mol. The molecule has 0 radical (unpaired) electrons. The van der Waals surface area contributed by atoms with E-state index in [1.165, 1.54) is 18.2 Å². The van der Waals surface area contributed by atoms with Crippen LogP contribution >= 0.6 is 11.6 Å². The van der Waals surface area contributed by atoms with E-state index in [0.29, 0.717) is 13.0 Å². The number of sulfone groups is 1. The molecule has 4 nitrogen and oxygen atoms in total. The van der Waals surface area contributed by atoms with E-state index in [-0.39, 0.29) is 33.5 Å². The van der Waals surface area contributed by atoms with Crippen LogP contribution in [0.2, 0.25) is 5.02 Å². The van der Waals surface area contributed by atoms with Gasteiger partial charge in [-0.1, -0.05) is 11.6 Å². The first kappa shape index (κ1) is 20.7. The lowest BCUT2D eigenvalue weighted by molar-refractivity contribution is 0.0612. The van der Waals surface area contributed by atoms with Crippen LogP contribution in [0, 0.1) is 11.6 Å². The molecular formula is C20H20ClF2NO3S. The molecule has 1 aliphatic heterocycles. The van der Waals surface area contributed by atoms with E-state index in [2.05, 4.69) is 0 Å². The number of rotatable bonds is 4. The summed E-state index contributed by atoms with van der Waals surface area (Å²) in [4.78, 5) is 14.7. The highest BCUT2D eigenvalue weighted by Gasteiger charge is 2.30. The van der Waals surface area contributed by atoms with Crippen molar-refractivity contribution in [1.29, 1.82) is 0 Å². The van der Waals surface area contributed by atoms with Crippen molar-refractivity contribution in [2.24, 2.45) is 0 Å². The van der Waals surface area contributed by atoms with Crippen molar-refractivity contribution in [2.75, 3.05) is 12.8 Å². The highest BCUT2D eigenvalue weighted by molar-refractivity contribution is 7.90. The number of halogens is 3. The Morgan fingerprint density at radius 3 is 2.64 bits per heavy atom. The molecule has 2 aromatic rings. The lowest BCUT2D eigenvalue weighted by atomic mass is 9.94. The molecule has 1 aliphatic rings. The first-order valence-electron chi connectivity index (χ1n) is 8.91. The van der Waals surface area contributed by atoms with Gasteiger partial charge < -0.3 is 4.90 Å². The van der Waals surface area contributed by atoms with Crippen LogP contribution in [0.15, 0.2) is 41.3 Å². The number of carbonyl (C=O) groups is 1. The Morgan fingerprint density at radius 2 is 1.93 bits per heavy atom. The van der Waals surface area contributed by atoms with E-state index in [9.17, 15) is 22.0 Å². The summed E-state index contributed by atoms with van der Waals surface area (Å²) < 4.78 is 51.2. The summed E-state index contributed by atoms with van der Waals surface area (Å²) in [5.41, 5.74) is 0.303. The summed E-state index contributed by atoms with van der Waals surface area (Å²) in [5, 5.41) is 0.152. The standard InChI is InChI=1S/C20H20ClF2NO3S/c1-28(26,27)16-6-7-18(21)17(12-16)20(25)24-9-3-2-4-15(24)11-13-10-14(22)5-8-19(13)23/h5-8,10,12,15H,2-4,9,11H2,1H3. The Hall–Kier alpha value is -1.99. The zero-order valence-electron chi connectivity index (χ0n) is 15.3. The molecule has 2 aromatic carbocycles. The van der Waals surface area contributed by atoms with Crippen LogP contribution < -0.4 is 0 Å². The summed E-state index contributed by atoms with van der Waals surface area (Å²) in [6.07, 6.45) is 3.52. The minimum absolute atomic E-state index is 0.00462. The van der Waals surface area contributed by atoms with E-state index in [1.807, 2.05) is 0 Å². The zero-order chi connectivity index (χ0) is 20.5. The van der Waals surface area contributed by atoms with Crippen LogP contribution in [-0.4, -0.2) is 38.1 Å². The summed E-state index contributed by atoms with van der Waals surface area (Å²) in [7, 11) is -3.50. The second kappa shape index (κ2) is 8.17. The summed E-state index contributed by atoms with van der Waals surface area (Å²) in [6.45, 7) is 0.444. The fourth-order valence-corrected chi connectivity index (χ4v) is 4.33. The van der Waals surface area contributed by atoms with Gasteiger partial charge in [-0.25, -0.2) is 17.2 Å². The van der Waals surface area contributed by atoms with Gasteiger partial charge in [-0.3, -0.25) is 4.79 Å². The van der Waals surface area contributed by atoms with Crippen molar-refractivity contribution in [3.8, 4) is 0 Å². The molecule has 0 bridgehead atoms. The number of amides is 1. The second-order valence-electron chi connectivity index (χ2n) is 7.00. The van der Waals surface area contributed by atoms with Crippen LogP contribution in [-0.2, 0) is 16.3 Å². The van der Waals surface area contributed by atoms with Gasteiger partial charge in [0, 0.05) is 18.8 Å². The Kier molecular flexibility index (Phi) is 6.05. The van der Waals surface area contributed by atoms with Crippen LogP contribution in [0.25, 0.3) is 0 Å². The fraction of sp³-hybridized carbons (Fsp3) is 0.350. The zero-order valence-corrected chi connectivity index (χ0v) is 16.9. The Balaban J connectivity index is 1.92. The van der Waals surface area contributed by atoms with Gasteiger partial charge in [0.15, 0.2) is 9.84 Å². The molecule has 1 unspecified atom stereocenters. The highest BCUT2D eigenvalue weighted by Crippen LogP contribution is 2.28. The van der Waals surface area contributed by atoms with E-state index < -0.39 is 27.4 Å². The number of piperidine rings is 1. The van der Waals surface area contributed by atoms with Gasteiger partial charge in [0.05, 0.1) is 15.5 Å². The average Bonchev–Trinajstić information content (AvgIpc) is 2.64. The quantitative estimate of drug-likeness (QED) is 0.732. The van der Waals surface area contributed by atoms with Gasteiger partial charge in [0.1, 0.15) is 11.6 Å². The first-order chi connectivity index (χ1) is 13.2. The summed E-state index contributed by atoms with van der Waals surface area (Å²) in [6, 6.07) is 6.96. The third-order valence-electron chi connectivity index (χ3n) is 4.95. The topological polar surface area (TPSA) is 54.5 Å². The number of hydrogen-bond donors (Lipinski definition) is 0. The second-order valence-corrected chi connectivity index (χ2v) is 9.42. The Bertz CT molecular complexity index is 1010. The van der Waals surface area contributed by atoms with E-state index >= 15 is 0 Å². The third-order valence-corrected chi connectivity index (χ3v) is 6.39. The van der Waals surface area contributed by atoms with Gasteiger partial charge in [-0.2, -0.15) is 0 Å². The molecule has 0 saturated carbocycles. The van der Waals surface area contributed by atoms with Crippen LogP contribution in [0.5, 0.6) is 0 Å². The normalized spacial score (nSPS) is 17.6. The van der Waals surface area contributed by atoms with Crippen LogP contribution in [0.4, 0.5) is 8.78 Å². The SMILES string of the molecule is CS(=O)(=O)c1ccc(Cl)c(C(=O)N2CCCCC2Cc2cc(F)ccc2F)c1. The molecule has 8 heteroatoms. The van der Waals surface area contributed by atoms with Gasteiger partial charge in [-0.15, -0.1) is 0 Å². The van der Waals surface area contributed by atoms with Gasteiger partial charge in [0.2, 0.25) is 0 Å².